The largest absolute Gasteiger partial charge is 0.480 e. The first kappa shape index (κ1) is 15.9. The Morgan fingerprint density at radius 1 is 1.24 bits per heavy atom. The molecule has 1 heterocycles. The molecular formula is C19H21N3O3. The SMILES string of the molecule is O=C(NC(CC1CC1)C(=O)O)c1nn(-c2ccccc2)c2c1CCC2. The van der Waals surface area contributed by atoms with Crippen molar-refractivity contribution in [1.82, 2.24) is 15.1 Å². The number of nitrogens with one attached hydrogen (secondary N) is 1. The summed E-state index contributed by atoms with van der Waals surface area (Å²) in [6.45, 7) is 0. The van der Waals surface area contributed by atoms with Gasteiger partial charge in [-0.05, 0) is 43.7 Å². The minimum Gasteiger partial charge on any atom is -0.480 e. The number of benzene rings is 1. The van der Waals surface area contributed by atoms with E-state index in [4.69, 9.17) is 0 Å². The maximum absolute atomic E-state index is 12.7. The third-order valence-corrected chi connectivity index (χ3v) is 5.02. The fraction of sp³-hybridized carbons (Fsp3) is 0.421. The highest BCUT2D eigenvalue weighted by atomic mass is 16.4. The van der Waals surface area contributed by atoms with Crippen LogP contribution >= 0.6 is 0 Å². The average Bonchev–Trinajstić information content (AvgIpc) is 3.16. The Balaban J connectivity index is 1.61. The molecule has 2 N–H and O–H groups in total. The summed E-state index contributed by atoms with van der Waals surface area (Å²) in [5.41, 5.74) is 3.31. The topological polar surface area (TPSA) is 84.2 Å². The van der Waals surface area contributed by atoms with Crippen molar-refractivity contribution >= 4 is 11.9 Å². The monoisotopic (exact) mass is 339 g/mol. The molecule has 1 amide bonds. The Morgan fingerprint density at radius 3 is 2.68 bits per heavy atom. The fourth-order valence-corrected chi connectivity index (χ4v) is 3.54. The minimum absolute atomic E-state index is 0.374. The molecule has 0 aliphatic heterocycles. The number of amides is 1. The highest BCUT2D eigenvalue weighted by Crippen LogP contribution is 2.34. The van der Waals surface area contributed by atoms with Gasteiger partial charge in [0.15, 0.2) is 5.69 Å². The molecule has 1 fully saturated rings. The first-order valence-corrected chi connectivity index (χ1v) is 8.83. The van der Waals surface area contributed by atoms with E-state index in [-0.39, 0.29) is 5.91 Å². The van der Waals surface area contributed by atoms with Gasteiger partial charge in [0, 0.05) is 11.3 Å². The van der Waals surface area contributed by atoms with Crippen molar-refractivity contribution in [1.29, 1.82) is 0 Å². The van der Waals surface area contributed by atoms with Crippen LogP contribution in [0.15, 0.2) is 30.3 Å². The summed E-state index contributed by atoms with van der Waals surface area (Å²) in [5.74, 6) is -0.922. The van der Waals surface area contributed by atoms with Gasteiger partial charge < -0.3 is 10.4 Å². The zero-order valence-electron chi connectivity index (χ0n) is 13.9. The van der Waals surface area contributed by atoms with Crippen molar-refractivity contribution in [2.24, 2.45) is 5.92 Å². The number of hydrogen-bond acceptors (Lipinski definition) is 3. The number of aliphatic carboxylic acids is 1. The van der Waals surface area contributed by atoms with E-state index >= 15 is 0 Å². The molecule has 1 atom stereocenters. The van der Waals surface area contributed by atoms with Gasteiger partial charge in [0.1, 0.15) is 6.04 Å². The third-order valence-electron chi connectivity index (χ3n) is 5.02. The van der Waals surface area contributed by atoms with Crippen molar-refractivity contribution in [3.05, 3.63) is 47.3 Å². The first-order valence-electron chi connectivity index (χ1n) is 8.83. The Hall–Kier alpha value is -2.63. The number of carboxylic acid groups (broad SMARTS) is 1. The summed E-state index contributed by atoms with van der Waals surface area (Å²) in [5, 5.41) is 16.6. The van der Waals surface area contributed by atoms with Gasteiger partial charge in [-0.3, -0.25) is 4.79 Å². The lowest BCUT2D eigenvalue weighted by Crippen LogP contribution is -2.41. The van der Waals surface area contributed by atoms with Gasteiger partial charge in [-0.25, -0.2) is 9.48 Å². The predicted molar refractivity (Wildman–Crippen MR) is 91.8 cm³/mol. The van der Waals surface area contributed by atoms with Crippen LogP contribution in [-0.4, -0.2) is 32.8 Å². The van der Waals surface area contributed by atoms with Gasteiger partial charge >= 0.3 is 5.97 Å². The standard InChI is InChI=1S/C19H21N3O3/c23-18(20-15(19(24)25)11-12-9-10-12)17-14-7-4-8-16(14)22(21-17)13-5-2-1-3-6-13/h1-3,5-6,12,15H,4,7-11H2,(H,20,23)(H,24,25). The van der Waals surface area contributed by atoms with Crippen molar-refractivity contribution in [3.8, 4) is 5.69 Å². The van der Waals surface area contributed by atoms with Crippen LogP contribution in [0.5, 0.6) is 0 Å². The van der Waals surface area contributed by atoms with Crippen LogP contribution < -0.4 is 5.32 Å². The van der Waals surface area contributed by atoms with E-state index in [2.05, 4.69) is 10.4 Å². The van der Waals surface area contributed by atoms with E-state index in [9.17, 15) is 14.7 Å². The Labute approximate surface area is 145 Å². The van der Waals surface area contributed by atoms with E-state index in [1.165, 1.54) is 0 Å². The molecule has 1 unspecified atom stereocenters. The van der Waals surface area contributed by atoms with Gasteiger partial charge in [0.05, 0.1) is 5.69 Å². The van der Waals surface area contributed by atoms with Crippen LogP contribution in [0, 0.1) is 5.92 Å². The van der Waals surface area contributed by atoms with Crippen LogP contribution in [0.2, 0.25) is 0 Å². The third kappa shape index (κ3) is 3.16. The van der Waals surface area contributed by atoms with E-state index in [1.807, 2.05) is 35.0 Å². The van der Waals surface area contributed by atoms with Crippen LogP contribution in [0.25, 0.3) is 5.69 Å². The molecule has 1 saturated carbocycles. The molecule has 2 aliphatic carbocycles. The number of nitrogens with zero attached hydrogens (tertiary/aromatic N) is 2. The van der Waals surface area contributed by atoms with Crippen LogP contribution in [0.4, 0.5) is 0 Å². The van der Waals surface area contributed by atoms with E-state index in [0.29, 0.717) is 18.0 Å². The van der Waals surface area contributed by atoms with E-state index in [1.54, 1.807) is 0 Å². The van der Waals surface area contributed by atoms with Crippen molar-refractivity contribution in [2.75, 3.05) is 0 Å². The van der Waals surface area contributed by atoms with Gasteiger partial charge in [0.2, 0.25) is 0 Å². The number of hydrogen-bond donors (Lipinski definition) is 2. The molecule has 0 bridgehead atoms. The first-order chi connectivity index (χ1) is 12.1. The van der Waals surface area contributed by atoms with Crippen LogP contribution in [0.3, 0.4) is 0 Å². The fourth-order valence-electron chi connectivity index (χ4n) is 3.54. The average molecular weight is 339 g/mol. The molecule has 0 radical (unpaired) electrons. The second-order valence-corrected chi connectivity index (χ2v) is 6.92. The molecule has 1 aromatic carbocycles. The summed E-state index contributed by atoms with van der Waals surface area (Å²) in [6.07, 6.45) is 5.29. The lowest BCUT2D eigenvalue weighted by atomic mass is 10.1. The Kier molecular flexibility index (Phi) is 4.03. The normalized spacial score (nSPS) is 17.1. The lowest BCUT2D eigenvalue weighted by Gasteiger charge is -2.13. The van der Waals surface area contributed by atoms with Crippen LogP contribution in [-0.2, 0) is 17.6 Å². The molecule has 4 rings (SSSR count). The Morgan fingerprint density at radius 2 is 2.00 bits per heavy atom. The van der Waals surface area contributed by atoms with E-state index in [0.717, 1.165) is 49.0 Å². The molecule has 2 aliphatic rings. The lowest BCUT2D eigenvalue weighted by molar-refractivity contribution is -0.139. The summed E-state index contributed by atoms with van der Waals surface area (Å²) in [7, 11) is 0. The quantitative estimate of drug-likeness (QED) is 0.846. The zero-order chi connectivity index (χ0) is 17.4. The molecule has 1 aromatic heterocycles. The molecule has 130 valence electrons. The van der Waals surface area contributed by atoms with Crippen molar-refractivity contribution < 1.29 is 14.7 Å². The maximum atomic E-state index is 12.7. The summed E-state index contributed by atoms with van der Waals surface area (Å²) in [4.78, 5) is 24.2. The molecule has 0 spiro atoms. The predicted octanol–water partition coefficient (Wildman–Crippen LogP) is 2.34. The smallest absolute Gasteiger partial charge is 0.326 e. The second kappa shape index (κ2) is 6.35. The summed E-state index contributed by atoms with van der Waals surface area (Å²) < 4.78 is 1.83. The number of para-hydroxylation sites is 1. The van der Waals surface area contributed by atoms with Crippen molar-refractivity contribution in [2.45, 2.75) is 44.6 Å². The molecular weight excluding hydrogens is 318 g/mol. The number of carboxylic acids is 1. The maximum Gasteiger partial charge on any atom is 0.326 e. The number of rotatable bonds is 6. The molecule has 2 aromatic rings. The van der Waals surface area contributed by atoms with Gasteiger partial charge in [-0.1, -0.05) is 31.0 Å². The Bertz CT molecular complexity index is 809. The van der Waals surface area contributed by atoms with Gasteiger partial charge in [-0.15, -0.1) is 0 Å². The highest BCUT2D eigenvalue weighted by molar-refractivity contribution is 5.96. The summed E-state index contributed by atoms with van der Waals surface area (Å²) in [6, 6.07) is 8.90. The van der Waals surface area contributed by atoms with Crippen LogP contribution in [0.1, 0.15) is 47.4 Å². The molecule has 25 heavy (non-hydrogen) atoms. The van der Waals surface area contributed by atoms with Gasteiger partial charge in [-0.2, -0.15) is 5.10 Å². The van der Waals surface area contributed by atoms with Gasteiger partial charge in [0.25, 0.3) is 5.91 Å². The van der Waals surface area contributed by atoms with E-state index < -0.39 is 12.0 Å². The molecule has 6 nitrogen and oxygen atoms in total. The highest BCUT2D eigenvalue weighted by Gasteiger charge is 2.33. The second-order valence-electron chi connectivity index (χ2n) is 6.92. The zero-order valence-corrected chi connectivity index (χ0v) is 13.9. The van der Waals surface area contributed by atoms with Crippen molar-refractivity contribution in [3.63, 3.8) is 0 Å². The number of aromatic nitrogens is 2. The molecule has 6 heteroatoms. The number of carbonyl (C=O) groups is 2. The number of carbonyl (C=O) groups excluding carboxylic acids is 1. The number of fused-ring (bicyclic) bond motifs is 1. The summed E-state index contributed by atoms with van der Waals surface area (Å²) >= 11 is 0. The molecule has 0 saturated heterocycles. The minimum atomic E-state index is -0.973.